The molecule has 10 heteroatoms. The van der Waals surface area contributed by atoms with Crippen molar-refractivity contribution in [3.63, 3.8) is 0 Å². The Morgan fingerprint density at radius 1 is 0.479 bits per heavy atom. The van der Waals surface area contributed by atoms with E-state index < -0.39 is 20.0 Å². The standard InChI is InChI=1S/C63H119N2O7P/c1-7-10-13-16-19-22-25-27-29-30-31-32-33-34-36-37-40-43-46-49-52-55-62(66)64-60(59-71-73(68,69)70-58-57-65(4,5)6)61(54-51-48-45-42-39-24-21-18-15-12-9-3)72-63(67)56-53-50-47-44-41-38-35-28-26-23-20-17-14-11-8-2/h20,23,26-29,51,54,60-61H,7-19,21-22,24-25,30-50,52-53,55-59H2,1-6H3,(H-,64,66,68,69)/p+1/b23-20+,28-26+,29-27+,54-51-. The van der Waals surface area contributed by atoms with Gasteiger partial charge in [0.15, 0.2) is 0 Å². The van der Waals surface area contributed by atoms with Crippen LogP contribution in [0.2, 0.25) is 0 Å². The van der Waals surface area contributed by atoms with Gasteiger partial charge >= 0.3 is 13.8 Å². The third-order valence-electron chi connectivity index (χ3n) is 13.8. The minimum atomic E-state index is -4.45. The summed E-state index contributed by atoms with van der Waals surface area (Å²) in [5.74, 6) is -0.513. The molecule has 0 bridgehead atoms. The number of esters is 1. The van der Waals surface area contributed by atoms with Crippen LogP contribution in [0.1, 0.15) is 290 Å². The zero-order chi connectivity index (χ0) is 53.6. The lowest BCUT2D eigenvalue weighted by Gasteiger charge is -2.27. The molecular formula is C63H120N2O7P+. The summed E-state index contributed by atoms with van der Waals surface area (Å²) in [5.41, 5.74) is 0. The first-order valence-electron chi connectivity index (χ1n) is 31.0. The molecule has 3 atom stereocenters. The van der Waals surface area contributed by atoms with E-state index in [1.54, 1.807) is 0 Å². The first-order valence-corrected chi connectivity index (χ1v) is 32.5. The van der Waals surface area contributed by atoms with Crippen molar-refractivity contribution >= 4 is 19.7 Å². The van der Waals surface area contributed by atoms with Crippen LogP contribution in [0, 0.1) is 0 Å². The molecule has 73 heavy (non-hydrogen) atoms. The Bertz CT molecular complexity index is 1390. The van der Waals surface area contributed by atoms with Gasteiger partial charge < -0.3 is 19.4 Å². The summed E-state index contributed by atoms with van der Waals surface area (Å²) in [6.07, 6.45) is 65.3. The number of rotatable bonds is 56. The van der Waals surface area contributed by atoms with Gasteiger partial charge in [-0.05, 0) is 83.1 Å². The molecule has 0 aromatic heterocycles. The molecule has 0 aromatic rings. The van der Waals surface area contributed by atoms with Crippen LogP contribution in [0.15, 0.2) is 48.6 Å². The third kappa shape index (κ3) is 54.6. The van der Waals surface area contributed by atoms with Crippen LogP contribution in [-0.4, -0.2) is 74.3 Å². The van der Waals surface area contributed by atoms with Crippen LogP contribution in [0.5, 0.6) is 0 Å². The Kier molecular flexibility index (Phi) is 51.9. The fraction of sp³-hybridized carbons (Fsp3) is 0.841. The van der Waals surface area contributed by atoms with Gasteiger partial charge in [0, 0.05) is 12.8 Å². The summed E-state index contributed by atoms with van der Waals surface area (Å²) in [6, 6.07) is -0.852. The lowest BCUT2D eigenvalue weighted by molar-refractivity contribution is -0.870. The maximum Gasteiger partial charge on any atom is 0.472 e. The van der Waals surface area contributed by atoms with E-state index in [-0.39, 0.29) is 31.5 Å². The molecule has 0 aliphatic heterocycles. The molecule has 2 N–H and O–H groups in total. The largest absolute Gasteiger partial charge is 0.472 e. The van der Waals surface area contributed by atoms with E-state index in [1.165, 1.54) is 180 Å². The van der Waals surface area contributed by atoms with Gasteiger partial charge in [-0.25, -0.2) is 4.57 Å². The first kappa shape index (κ1) is 71.0. The Balaban J connectivity index is 5.19. The van der Waals surface area contributed by atoms with Gasteiger partial charge in [-0.15, -0.1) is 0 Å². The number of amides is 1. The number of phosphoric ester groups is 1. The van der Waals surface area contributed by atoms with Crippen LogP contribution in [0.4, 0.5) is 0 Å². The lowest BCUT2D eigenvalue weighted by Crippen LogP contribution is -2.47. The average molecular weight is 1050 g/mol. The molecule has 0 saturated carbocycles. The fourth-order valence-electron chi connectivity index (χ4n) is 8.93. The predicted molar refractivity (Wildman–Crippen MR) is 314 cm³/mol. The SMILES string of the molecule is CCCCC/C=C/C=C/CCCCCCCCC(=O)OC(/C=C\CCCCCCCCCCC)C(COP(=O)(O)OCC[N+](C)(C)C)NC(=O)CCCCCCCCCCCCC/C=C/CCCCCCCC. The van der Waals surface area contributed by atoms with Crippen LogP contribution in [0.25, 0.3) is 0 Å². The van der Waals surface area contributed by atoms with Crippen molar-refractivity contribution in [2.75, 3.05) is 40.9 Å². The van der Waals surface area contributed by atoms with Gasteiger partial charge in [0.05, 0.1) is 33.8 Å². The van der Waals surface area contributed by atoms with Crippen LogP contribution in [0.3, 0.4) is 0 Å². The molecule has 9 nitrogen and oxygen atoms in total. The summed E-state index contributed by atoms with van der Waals surface area (Å²) in [4.78, 5) is 37.7. The molecule has 0 aromatic carbocycles. The molecular weight excluding hydrogens is 928 g/mol. The van der Waals surface area contributed by atoms with Gasteiger partial charge in [0.25, 0.3) is 0 Å². The molecule has 0 aliphatic rings. The first-order chi connectivity index (χ1) is 35.4. The van der Waals surface area contributed by atoms with Crippen LogP contribution in [-0.2, 0) is 27.9 Å². The molecule has 0 fully saturated rings. The predicted octanol–water partition coefficient (Wildman–Crippen LogP) is 18.9. The highest BCUT2D eigenvalue weighted by atomic mass is 31.2. The highest BCUT2D eigenvalue weighted by Crippen LogP contribution is 2.43. The Morgan fingerprint density at radius 3 is 1.27 bits per heavy atom. The molecule has 1 amide bonds. The second kappa shape index (κ2) is 53.4. The van der Waals surface area contributed by atoms with Crippen LogP contribution < -0.4 is 5.32 Å². The maximum absolute atomic E-state index is 13.5. The Hall–Kier alpha value is -2.03. The number of nitrogens with zero attached hydrogens (tertiary/aromatic N) is 1. The van der Waals surface area contributed by atoms with Gasteiger partial charge in [-0.3, -0.25) is 18.6 Å². The number of hydrogen-bond donors (Lipinski definition) is 2. The minimum absolute atomic E-state index is 0.0384. The van der Waals surface area contributed by atoms with E-state index in [4.69, 9.17) is 13.8 Å². The van der Waals surface area contributed by atoms with Crippen molar-refractivity contribution < 1.29 is 37.3 Å². The minimum Gasteiger partial charge on any atom is -0.456 e. The number of carbonyl (C=O) groups is 2. The summed E-state index contributed by atoms with van der Waals surface area (Å²) in [7, 11) is 1.49. The number of quaternary nitrogens is 1. The Morgan fingerprint density at radius 2 is 0.836 bits per heavy atom. The highest BCUT2D eigenvalue weighted by Gasteiger charge is 2.30. The van der Waals surface area contributed by atoms with E-state index in [0.29, 0.717) is 17.4 Å². The normalized spacial score (nSPS) is 14.0. The lowest BCUT2D eigenvalue weighted by atomic mass is 10.0. The number of hydrogen-bond acceptors (Lipinski definition) is 6. The number of allylic oxidation sites excluding steroid dienone is 7. The second-order valence-electron chi connectivity index (χ2n) is 22.3. The van der Waals surface area contributed by atoms with E-state index >= 15 is 0 Å². The molecule has 0 heterocycles. The quantitative estimate of drug-likeness (QED) is 0.0156. The van der Waals surface area contributed by atoms with Crippen molar-refractivity contribution in [1.82, 2.24) is 5.32 Å². The molecule has 428 valence electrons. The van der Waals surface area contributed by atoms with Gasteiger partial charge in [-0.1, -0.05) is 243 Å². The van der Waals surface area contributed by atoms with Crippen molar-refractivity contribution in [3.05, 3.63) is 48.6 Å². The van der Waals surface area contributed by atoms with E-state index in [1.807, 2.05) is 33.3 Å². The molecule has 0 rings (SSSR count). The maximum atomic E-state index is 13.5. The van der Waals surface area contributed by atoms with Crippen molar-refractivity contribution in [3.8, 4) is 0 Å². The monoisotopic (exact) mass is 1050 g/mol. The molecule has 0 saturated heterocycles. The number of likely N-dealkylation sites (N-methyl/N-ethyl adjacent to an activating group) is 1. The molecule has 0 radical (unpaired) electrons. The van der Waals surface area contributed by atoms with E-state index in [0.717, 1.165) is 77.0 Å². The van der Waals surface area contributed by atoms with Gasteiger partial charge in [0.2, 0.25) is 5.91 Å². The number of carbonyl (C=O) groups excluding carboxylic acids is 2. The van der Waals surface area contributed by atoms with Crippen molar-refractivity contribution in [1.29, 1.82) is 0 Å². The molecule has 0 aliphatic carbocycles. The summed E-state index contributed by atoms with van der Waals surface area (Å²) < 4.78 is 30.7. The fourth-order valence-corrected chi connectivity index (χ4v) is 9.66. The zero-order valence-corrected chi connectivity index (χ0v) is 49.8. The number of unbranched alkanes of at least 4 members (excludes halogenated alkanes) is 35. The van der Waals surface area contributed by atoms with Crippen LogP contribution >= 0.6 is 7.82 Å². The summed E-state index contributed by atoms with van der Waals surface area (Å²) in [6.45, 7) is 6.98. The summed E-state index contributed by atoms with van der Waals surface area (Å²) in [5, 5.41) is 3.05. The van der Waals surface area contributed by atoms with Gasteiger partial charge in [-0.2, -0.15) is 0 Å². The number of ether oxygens (including phenoxy) is 1. The van der Waals surface area contributed by atoms with E-state index in [2.05, 4.69) is 62.5 Å². The third-order valence-corrected chi connectivity index (χ3v) is 14.8. The molecule has 3 unspecified atom stereocenters. The molecule has 0 spiro atoms. The smallest absolute Gasteiger partial charge is 0.456 e. The second-order valence-corrected chi connectivity index (χ2v) is 23.7. The average Bonchev–Trinajstić information content (AvgIpc) is 3.35. The topological polar surface area (TPSA) is 111 Å². The van der Waals surface area contributed by atoms with Gasteiger partial charge in [0.1, 0.15) is 19.3 Å². The van der Waals surface area contributed by atoms with E-state index in [9.17, 15) is 19.0 Å². The Labute approximate surface area is 452 Å². The highest BCUT2D eigenvalue weighted by molar-refractivity contribution is 7.47. The zero-order valence-electron chi connectivity index (χ0n) is 48.9. The van der Waals surface area contributed by atoms with Crippen molar-refractivity contribution in [2.24, 2.45) is 0 Å². The number of nitrogens with one attached hydrogen (secondary N) is 1. The number of phosphoric acid groups is 1. The van der Waals surface area contributed by atoms with Crippen molar-refractivity contribution in [2.45, 2.75) is 303 Å². The summed E-state index contributed by atoms with van der Waals surface area (Å²) >= 11 is 0.